The molecular weight excluding hydrogens is 310 g/mol. The summed E-state index contributed by atoms with van der Waals surface area (Å²) in [6.07, 6.45) is 4.05. The van der Waals surface area contributed by atoms with E-state index in [2.05, 4.69) is 31.3 Å². The van der Waals surface area contributed by atoms with Gasteiger partial charge in [0, 0.05) is 49.6 Å². The molecule has 1 heterocycles. The van der Waals surface area contributed by atoms with E-state index in [1.807, 2.05) is 13.8 Å². The van der Waals surface area contributed by atoms with E-state index >= 15 is 0 Å². The Labute approximate surface area is 142 Å². The number of carbonyl (C=O) groups is 1. The van der Waals surface area contributed by atoms with Crippen LogP contribution in [0.4, 0.5) is 0 Å². The van der Waals surface area contributed by atoms with Gasteiger partial charge in [-0.25, -0.2) is 4.98 Å². The predicted molar refractivity (Wildman–Crippen MR) is 94.9 cm³/mol. The molecule has 0 radical (unpaired) electrons. The second kappa shape index (κ2) is 9.50. The Kier molecular flexibility index (Phi) is 7.32. The number of carbonyl (C=O) groups excluding carboxylic acids is 1. The van der Waals surface area contributed by atoms with Crippen molar-refractivity contribution in [3.8, 4) is 0 Å². The first kappa shape index (κ1) is 17.7. The second-order valence-electron chi connectivity index (χ2n) is 5.74. The van der Waals surface area contributed by atoms with E-state index in [9.17, 15) is 4.79 Å². The Bertz CT molecular complexity index is 524. The lowest BCUT2D eigenvalue weighted by atomic mass is 10.3. The number of hydrogen-bond donors (Lipinski definition) is 3. The van der Waals surface area contributed by atoms with Gasteiger partial charge < -0.3 is 16.0 Å². The number of rotatable bonds is 9. The molecule has 0 atom stereocenters. The number of nitrogens with zero attached hydrogens (tertiary/aromatic N) is 2. The van der Waals surface area contributed by atoms with Crippen molar-refractivity contribution in [1.29, 1.82) is 0 Å². The molecule has 0 aromatic carbocycles. The number of guanidine groups is 1. The highest BCUT2D eigenvalue weighted by molar-refractivity contribution is 7.09. The van der Waals surface area contributed by atoms with Gasteiger partial charge in [0.15, 0.2) is 5.96 Å². The van der Waals surface area contributed by atoms with Gasteiger partial charge in [0.25, 0.3) is 0 Å². The van der Waals surface area contributed by atoms with Crippen LogP contribution < -0.4 is 16.0 Å². The summed E-state index contributed by atoms with van der Waals surface area (Å²) in [5, 5.41) is 12.7. The summed E-state index contributed by atoms with van der Waals surface area (Å²) in [6.45, 7) is 6.99. The molecule has 0 saturated heterocycles. The fraction of sp³-hybridized carbons (Fsp3) is 0.688. The molecule has 0 spiro atoms. The van der Waals surface area contributed by atoms with Crippen molar-refractivity contribution in [1.82, 2.24) is 20.9 Å². The average molecular weight is 337 g/mol. The normalized spacial score (nSPS) is 14.6. The Morgan fingerprint density at radius 2 is 2.13 bits per heavy atom. The number of nitrogens with one attached hydrogen (secondary N) is 3. The van der Waals surface area contributed by atoms with Crippen LogP contribution in [0, 0.1) is 12.8 Å². The molecule has 0 unspecified atom stereocenters. The maximum atomic E-state index is 11.5. The van der Waals surface area contributed by atoms with Gasteiger partial charge in [-0.15, -0.1) is 11.3 Å². The van der Waals surface area contributed by atoms with Crippen LogP contribution in [-0.2, 0) is 11.2 Å². The maximum Gasteiger partial charge on any atom is 0.223 e. The van der Waals surface area contributed by atoms with Crippen LogP contribution in [-0.4, -0.2) is 43.0 Å². The minimum atomic E-state index is 0.187. The Balaban J connectivity index is 1.61. The molecule has 1 aromatic heterocycles. The van der Waals surface area contributed by atoms with Gasteiger partial charge in [-0.05, 0) is 33.1 Å². The van der Waals surface area contributed by atoms with Crippen LogP contribution in [0.3, 0.4) is 0 Å². The topological polar surface area (TPSA) is 78.4 Å². The number of aryl methyl sites for hydroxylation is 2. The first-order chi connectivity index (χ1) is 11.2. The number of thiazole rings is 1. The monoisotopic (exact) mass is 337 g/mol. The molecule has 23 heavy (non-hydrogen) atoms. The van der Waals surface area contributed by atoms with Gasteiger partial charge in [-0.3, -0.25) is 9.79 Å². The zero-order valence-electron chi connectivity index (χ0n) is 14.0. The number of aliphatic imine (C=N–C) groups is 1. The van der Waals surface area contributed by atoms with E-state index in [-0.39, 0.29) is 11.8 Å². The van der Waals surface area contributed by atoms with Crippen molar-refractivity contribution < 1.29 is 4.79 Å². The highest BCUT2D eigenvalue weighted by atomic mass is 32.1. The first-order valence-corrected chi connectivity index (χ1v) is 9.28. The Morgan fingerprint density at radius 3 is 2.78 bits per heavy atom. The highest BCUT2D eigenvalue weighted by Gasteiger charge is 2.28. The smallest absolute Gasteiger partial charge is 0.223 e. The van der Waals surface area contributed by atoms with Gasteiger partial charge in [-0.1, -0.05) is 0 Å². The standard InChI is InChI=1S/C16H27N5OS/c1-3-17-16(20-10-9-18-15(22)13-6-7-13)19-8-4-5-14-21-12(2)11-23-14/h11,13H,3-10H2,1-2H3,(H,18,22)(H2,17,19,20). The average Bonchev–Trinajstić information content (AvgIpc) is 3.30. The molecule has 7 heteroatoms. The summed E-state index contributed by atoms with van der Waals surface area (Å²) in [5.41, 5.74) is 1.09. The number of hydrogen-bond acceptors (Lipinski definition) is 4. The maximum absolute atomic E-state index is 11.5. The highest BCUT2D eigenvalue weighted by Crippen LogP contribution is 2.28. The van der Waals surface area contributed by atoms with E-state index in [0.717, 1.165) is 50.4 Å². The third kappa shape index (κ3) is 6.99. The van der Waals surface area contributed by atoms with Gasteiger partial charge in [0.2, 0.25) is 5.91 Å². The van der Waals surface area contributed by atoms with Crippen LogP contribution in [0.2, 0.25) is 0 Å². The van der Waals surface area contributed by atoms with E-state index in [0.29, 0.717) is 13.1 Å². The van der Waals surface area contributed by atoms with Gasteiger partial charge in [0.1, 0.15) is 0 Å². The quantitative estimate of drug-likeness (QED) is 0.362. The van der Waals surface area contributed by atoms with Gasteiger partial charge in [-0.2, -0.15) is 0 Å². The summed E-state index contributed by atoms with van der Waals surface area (Å²) in [5.74, 6) is 1.27. The molecule has 0 bridgehead atoms. The molecule has 1 aliphatic carbocycles. The van der Waals surface area contributed by atoms with E-state index in [1.165, 1.54) is 5.01 Å². The molecule has 1 fully saturated rings. The van der Waals surface area contributed by atoms with E-state index in [1.54, 1.807) is 11.3 Å². The SMILES string of the molecule is CCNC(=NCCCc1nc(C)cs1)NCCNC(=O)C1CC1. The predicted octanol–water partition coefficient (Wildman–Crippen LogP) is 1.47. The zero-order valence-corrected chi connectivity index (χ0v) is 14.8. The Morgan fingerprint density at radius 1 is 1.35 bits per heavy atom. The van der Waals surface area contributed by atoms with Crippen LogP contribution >= 0.6 is 11.3 Å². The van der Waals surface area contributed by atoms with Crippen molar-refractivity contribution in [3.63, 3.8) is 0 Å². The minimum Gasteiger partial charge on any atom is -0.357 e. The van der Waals surface area contributed by atoms with Crippen molar-refractivity contribution in [3.05, 3.63) is 16.1 Å². The molecule has 2 rings (SSSR count). The zero-order chi connectivity index (χ0) is 16.5. The summed E-state index contributed by atoms with van der Waals surface area (Å²) >= 11 is 1.71. The Hall–Kier alpha value is -1.63. The van der Waals surface area contributed by atoms with Crippen LogP contribution in [0.1, 0.15) is 36.9 Å². The molecule has 128 valence electrons. The molecular formula is C16H27N5OS. The lowest BCUT2D eigenvalue weighted by molar-refractivity contribution is -0.122. The van der Waals surface area contributed by atoms with Crippen molar-refractivity contribution >= 4 is 23.2 Å². The molecule has 6 nitrogen and oxygen atoms in total. The minimum absolute atomic E-state index is 0.187. The summed E-state index contributed by atoms with van der Waals surface area (Å²) in [6, 6.07) is 0. The van der Waals surface area contributed by atoms with E-state index in [4.69, 9.17) is 0 Å². The molecule has 3 N–H and O–H groups in total. The third-order valence-corrected chi connectivity index (χ3v) is 4.52. The van der Waals surface area contributed by atoms with Gasteiger partial charge >= 0.3 is 0 Å². The lowest BCUT2D eigenvalue weighted by Gasteiger charge is -2.11. The largest absolute Gasteiger partial charge is 0.357 e. The van der Waals surface area contributed by atoms with Gasteiger partial charge in [0.05, 0.1) is 5.01 Å². The summed E-state index contributed by atoms with van der Waals surface area (Å²) in [7, 11) is 0. The van der Waals surface area contributed by atoms with Crippen molar-refractivity contribution in [2.75, 3.05) is 26.2 Å². The van der Waals surface area contributed by atoms with Crippen LogP contribution in [0.25, 0.3) is 0 Å². The summed E-state index contributed by atoms with van der Waals surface area (Å²) in [4.78, 5) is 20.6. The fourth-order valence-electron chi connectivity index (χ4n) is 2.14. The number of aromatic nitrogens is 1. The number of amides is 1. The van der Waals surface area contributed by atoms with Crippen molar-refractivity contribution in [2.45, 2.75) is 39.5 Å². The fourth-order valence-corrected chi connectivity index (χ4v) is 2.96. The second-order valence-corrected chi connectivity index (χ2v) is 6.68. The van der Waals surface area contributed by atoms with Crippen molar-refractivity contribution in [2.24, 2.45) is 10.9 Å². The first-order valence-electron chi connectivity index (χ1n) is 8.40. The molecule has 1 saturated carbocycles. The molecule has 1 amide bonds. The molecule has 1 aliphatic rings. The molecule has 1 aromatic rings. The summed E-state index contributed by atoms with van der Waals surface area (Å²) < 4.78 is 0. The third-order valence-electron chi connectivity index (χ3n) is 3.49. The van der Waals surface area contributed by atoms with Crippen LogP contribution in [0.15, 0.2) is 10.4 Å². The van der Waals surface area contributed by atoms with E-state index < -0.39 is 0 Å². The lowest BCUT2D eigenvalue weighted by Crippen LogP contribution is -2.41. The van der Waals surface area contributed by atoms with Crippen LogP contribution in [0.5, 0.6) is 0 Å². The molecule has 0 aliphatic heterocycles.